The highest BCUT2D eigenvalue weighted by molar-refractivity contribution is 7.80. The summed E-state index contributed by atoms with van der Waals surface area (Å²) in [5.74, 6) is 1.91. The molecule has 0 heterocycles. The Labute approximate surface area is 122 Å². The van der Waals surface area contributed by atoms with Crippen molar-refractivity contribution in [3.63, 3.8) is 0 Å². The van der Waals surface area contributed by atoms with Crippen molar-refractivity contribution in [3.8, 4) is 0 Å². The van der Waals surface area contributed by atoms with Crippen LogP contribution in [0.1, 0.15) is 59.3 Å². The molecule has 0 aliphatic heterocycles. The Bertz CT molecular complexity index is 397. The van der Waals surface area contributed by atoms with E-state index in [2.05, 4.69) is 38.7 Å². The third-order valence-corrected chi connectivity index (χ3v) is 7.07. The number of carbonyl (C=O) groups is 1. The van der Waals surface area contributed by atoms with Crippen molar-refractivity contribution in [2.24, 2.45) is 22.2 Å². The van der Waals surface area contributed by atoms with Crippen molar-refractivity contribution in [3.05, 3.63) is 0 Å². The normalized spacial score (nSPS) is 41.3. The molecule has 0 aromatic rings. The summed E-state index contributed by atoms with van der Waals surface area (Å²) in [6.45, 7) is 7.06. The number of nitrogens with one attached hydrogen (secondary N) is 1. The lowest BCUT2D eigenvalue weighted by Crippen LogP contribution is -2.52. The van der Waals surface area contributed by atoms with Crippen LogP contribution in [0.25, 0.3) is 0 Å². The molecule has 0 radical (unpaired) electrons. The lowest BCUT2D eigenvalue weighted by atomic mass is 9.68. The van der Waals surface area contributed by atoms with E-state index in [0.717, 1.165) is 11.7 Å². The van der Waals surface area contributed by atoms with Crippen molar-refractivity contribution < 1.29 is 4.79 Å². The molecular weight excluding hydrogens is 254 g/mol. The van der Waals surface area contributed by atoms with Crippen LogP contribution in [0.5, 0.6) is 0 Å². The summed E-state index contributed by atoms with van der Waals surface area (Å²) in [5.41, 5.74) is 0.831. The zero-order valence-electron chi connectivity index (χ0n) is 12.5. The molecule has 3 unspecified atom stereocenters. The van der Waals surface area contributed by atoms with Crippen molar-refractivity contribution in [1.82, 2.24) is 5.32 Å². The minimum atomic E-state index is 0.232. The SMILES string of the molecule is CC12CCC(C1)C(C)(C)C2NC(=O)CC1(CS)CC1. The number of amides is 1. The average Bonchev–Trinajstić information content (AvgIpc) is 2.94. The molecule has 19 heavy (non-hydrogen) atoms. The van der Waals surface area contributed by atoms with E-state index in [4.69, 9.17) is 0 Å². The van der Waals surface area contributed by atoms with E-state index in [1.165, 1.54) is 32.1 Å². The summed E-state index contributed by atoms with van der Waals surface area (Å²) in [5, 5.41) is 3.40. The molecule has 0 aromatic carbocycles. The predicted molar refractivity (Wildman–Crippen MR) is 81.3 cm³/mol. The van der Waals surface area contributed by atoms with Crippen LogP contribution in [0.2, 0.25) is 0 Å². The van der Waals surface area contributed by atoms with E-state index in [-0.39, 0.29) is 16.7 Å². The molecule has 0 aromatic heterocycles. The van der Waals surface area contributed by atoms with Crippen LogP contribution >= 0.6 is 12.6 Å². The molecule has 3 aliphatic carbocycles. The van der Waals surface area contributed by atoms with E-state index < -0.39 is 0 Å². The number of hydrogen-bond donors (Lipinski definition) is 2. The van der Waals surface area contributed by atoms with Crippen LogP contribution in [0.15, 0.2) is 0 Å². The number of carbonyl (C=O) groups excluding carboxylic acids is 1. The Morgan fingerprint density at radius 2 is 1.95 bits per heavy atom. The van der Waals surface area contributed by atoms with Gasteiger partial charge in [0.2, 0.25) is 5.91 Å². The van der Waals surface area contributed by atoms with Crippen LogP contribution in [0, 0.1) is 22.2 Å². The first-order valence-corrected chi connectivity index (χ1v) is 8.35. The van der Waals surface area contributed by atoms with Crippen molar-refractivity contribution >= 4 is 18.5 Å². The fourth-order valence-corrected chi connectivity index (χ4v) is 5.21. The molecule has 0 saturated heterocycles. The molecule has 108 valence electrons. The summed E-state index contributed by atoms with van der Waals surface area (Å²) >= 11 is 4.40. The Morgan fingerprint density at radius 3 is 2.42 bits per heavy atom. The zero-order valence-corrected chi connectivity index (χ0v) is 13.4. The van der Waals surface area contributed by atoms with Crippen LogP contribution in [-0.4, -0.2) is 17.7 Å². The standard InChI is InChI=1S/C16H27NOS/c1-14(2)11-4-5-15(3,8-11)13(14)17-12(18)9-16(10-19)6-7-16/h11,13,19H,4-10H2,1-3H3,(H,17,18). The first kappa shape index (κ1) is 13.8. The van der Waals surface area contributed by atoms with Crippen molar-refractivity contribution in [2.75, 3.05) is 5.75 Å². The van der Waals surface area contributed by atoms with Crippen molar-refractivity contribution in [1.29, 1.82) is 0 Å². The summed E-state index contributed by atoms with van der Waals surface area (Å²) < 4.78 is 0. The molecule has 2 bridgehead atoms. The maximum absolute atomic E-state index is 12.4. The molecule has 3 atom stereocenters. The van der Waals surface area contributed by atoms with Crippen LogP contribution < -0.4 is 5.32 Å². The molecule has 3 aliphatic rings. The summed E-state index contributed by atoms with van der Waals surface area (Å²) in [6, 6.07) is 0.363. The molecule has 1 N–H and O–H groups in total. The first-order chi connectivity index (χ1) is 8.81. The smallest absolute Gasteiger partial charge is 0.220 e. The van der Waals surface area contributed by atoms with Crippen LogP contribution in [-0.2, 0) is 4.79 Å². The molecule has 3 saturated carbocycles. The van der Waals surface area contributed by atoms with Gasteiger partial charge in [-0.15, -0.1) is 0 Å². The highest BCUT2D eigenvalue weighted by atomic mass is 32.1. The lowest BCUT2D eigenvalue weighted by Gasteiger charge is -2.43. The first-order valence-electron chi connectivity index (χ1n) is 7.72. The minimum absolute atomic E-state index is 0.232. The molecule has 2 nitrogen and oxygen atoms in total. The third-order valence-electron chi connectivity index (χ3n) is 6.40. The lowest BCUT2D eigenvalue weighted by molar-refractivity contribution is -0.124. The topological polar surface area (TPSA) is 29.1 Å². The largest absolute Gasteiger partial charge is 0.352 e. The van der Waals surface area contributed by atoms with Gasteiger partial charge in [-0.1, -0.05) is 20.8 Å². The van der Waals surface area contributed by atoms with Gasteiger partial charge in [-0.3, -0.25) is 4.79 Å². The third kappa shape index (κ3) is 2.12. The van der Waals surface area contributed by atoms with E-state index in [9.17, 15) is 4.79 Å². The van der Waals surface area contributed by atoms with Gasteiger partial charge < -0.3 is 5.32 Å². The molecule has 3 fully saturated rings. The van der Waals surface area contributed by atoms with Gasteiger partial charge in [0.05, 0.1) is 0 Å². The number of fused-ring (bicyclic) bond motifs is 2. The van der Waals surface area contributed by atoms with E-state index >= 15 is 0 Å². The van der Waals surface area contributed by atoms with Gasteiger partial charge >= 0.3 is 0 Å². The van der Waals surface area contributed by atoms with Crippen LogP contribution in [0.3, 0.4) is 0 Å². The summed E-state index contributed by atoms with van der Waals surface area (Å²) in [7, 11) is 0. The molecule has 3 heteroatoms. The Morgan fingerprint density at radius 1 is 1.26 bits per heavy atom. The van der Waals surface area contributed by atoms with Gasteiger partial charge in [0, 0.05) is 12.5 Å². The van der Waals surface area contributed by atoms with Gasteiger partial charge in [-0.25, -0.2) is 0 Å². The van der Waals surface area contributed by atoms with Gasteiger partial charge in [-0.05, 0) is 60.0 Å². The van der Waals surface area contributed by atoms with Crippen LogP contribution in [0.4, 0.5) is 0 Å². The second kappa shape index (κ2) is 4.16. The molecule has 0 spiro atoms. The van der Waals surface area contributed by atoms with E-state index in [1.54, 1.807) is 0 Å². The van der Waals surface area contributed by atoms with Gasteiger partial charge in [0.25, 0.3) is 0 Å². The maximum atomic E-state index is 12.4. The Kier molecular flexibility index (Phi) is 3.02. The second-order valence-electron chi connectivity index (χ2n) is 8.25. The quantitative estimate of drug-likeness (QED) is 0.760. The highest BCUT2D eigenvalue weighted by Gasteiger charge is 2.59. The molecule has 1 amide bonds. The Hall–Kier alpha value is -0.180. The Balaban J connectivity index is 1.67. The fraction of sp³-hybridized carbons (Fsp3) is 0.938. The maximum Gasteiger partial charge on any atom is 0.220 e. The van der Waals surface area contributed by atoms with Gasteiger partial charge in [0.15, 0.2) is 0 Å². The van der Waals surface area contributed by atoms with Gasteiger partial charge in [0.1, 0.15) is 0 Å². The monoisotopic (exact) mass is 281 g/mol. The number of hydrogen-bond acceptors (Lipinski definition) is 2. The predicted octanol–water partition coefficient (Wildman–Crippen LogP) is 3.42. The molecule has 3 rings (SSSR count). The number of thiol groups is 1. The van der Waals surface area contributed by atoms with E-state index in [0.29, 0.717) is 17.9 Å². The molecular formula is C16H27NOS. The minimum Gasteiger partial charge on any atom is -0.352 e. The summed E-state index contributed by atoms with van der Waals surface area (Å²) in [6.07, 6.45) is 6.96. The number of rotatable bonds is 4. The van der Waals surface area contributed by atoms with Gasteiger partial charge in [-0.2, -0.15) is 12.6 Å². The highest BCUT2D eigenvalue weighted by Crippen LogP contribution is 2.62. The van der Waals surface area contributed by atoms with E-state index in [1.807, 2.05) is 0 Å². The zero-order chi connectivity index (χ0) is 13.9. The summed E-state index contributed by atoms with van der Waals surface area (Å²) in [4.78, 5) is 12.4. The fourth-order valence-electron chi connectivity index (χ4n) is 4.78. The second-order valence-corrected chi connectivity index (χ2v) is 8.57. The average molecular weight is 281 g/mol. The van der Waals surface area contributed by atoms with Crippen molar-refractivity contribution in [2.45, 2.75) is 65.3 Å².